The first-order valence-corrected chi connectivity index (χ1v) is 6.05. The predicted molar refractivity (Wildman–Crippen MR) is 69.4 cm³/mol. The Bertz CT molecular complexity index is 398. The Labute approximate surface area is 108 Å². The fourth-order valence-electron chi connectivity index (χ4n) is 1.39. The molecule has 1 rings (SSSR count). The maximum atomic E-state index is 10.7. The van der Waals surface area contributed by atoms with E-state index in [2.05, 4.69) is 21.2 Å². The Morgan fingerprint density at radius 1 is 1.59 bits per heavy atom. The van der Waals surface area contributed by atoms with Crippen LogP contribution in [0.3, 0.4) is 0 Å². The Hall–Kier alpha value is -1.14. The molecule has 1 N–H and O–H groups in total. The maximum Gasteiger partial charge on any atom is 0.287 e. The number of hydrogen-bond donors (Lipinski definition) is 1. The molecule has 5 nitrogen and oxygen atoms in total. The summed E-state index contributed by atoms with van der Waals surface area (Å²) in [5, 5.41) is 13.8. The van der Waals surface area contributed by atoms with Crippen LogP contribution < -0.4 is 10.1 Å². The lowest BCUT2D eigenvalue weighted by Gasteiger charge is -2.13. The van der Waals surface area contributed by atoms with E-state index in [1.165, 1.54) is 6.07 Å². The van der Waals surface area contributed by atoms with E-state index in [4.69, 9.17) is 4.74 Å². The standard InChI is InChI=1S/C11H15BrN2O3/c1-8(6-13-2)7-17-10-5-3-4-9(11(10)12)14(15)16/h3-5,8,13H,6-7H2,1-2H3. The Balaban J connectivity index is 2.72. The lowest BCUT2D eigenvalue weighted by atomic mass is 10.2. The van der Waals surface area contributed by atoms with Crippen LogP contribution in [0.15, 0.2) is 22.7 Å². The van der Waals surface area contributed by atoms with Crippen LogP contribution in [-0.4, -0.2) is 25.1 Å². The molecular weight excluding hydrogens is 288 g/mol. The number of nitrogens with one attached hydrogen (secondary N) is 1. The fourth-order valence-corrected chi connectivity index (χ4v) is 1.91. The van der Waals surface area contributed by atoms with Crippen LogP contribution in [0.4, 0.5) is 5.69 Å². The van der Waals surface area contributed by atoms with Crippen molar-refractivity contribution >= 4 is 21.6 Å². The molecule has 0 saturated carbocycles. The van der Waals surface area contributed by atoms with E-state index in [1.807, 2.05) is 14.0 Å². The lowest BCUT2D eigenvalue weighted by Crippen LogP contribution is -2.21. The molecule has 0 heterocycles. The number of nitro groups is 1. The molecule has 0 radical (unpaired) electrons. The average molecular weight is 303 g/mol. The van der Waals surface area contributed by atoms with Gasteiger partial charge in [-0.05, 0) is 29.0 Å². The van der Waals surface area contributed by atoms with Gasteiger partial charge in [0.1, 0.15) is 10.2 Å². The van der Waals surface area contributed by atoms with Crippen LogP contribution in [0.2, 0.25) is 0 Å². The second kappa shape index (κ2) is 6.56. The molecule has 0 aliphatic rings. The fraction of sp³-hybridized carbons (Fsp3) is 0.455. The Morgan fingerprint density at radius 3 is 2.88 bits per heavy atom. The van der Waals surface area contributed by atoms with Gasteiger partial charge in [0.15, 0.2) is 0 Å². The molecule has 0 amide bonds. The van der Waals surface area contributed by atoms with Gasteiger partial charge in [0.2, 0.25) is 0 Å². The van der Waals surface area contributed by atoms with Crippen molar-refractivity contribution in [2.75, 3.05) is 20.2 Å². The molecule has 0 aliphatic heterocycles. The summed E-state index contributed by atoms with van der Waals surface area (Å²) in [6.07, 6.45) is 0. The van der Waals surface area contributed by atoms with Gasteiger partial charge >= 0.3 is 0 Å². The van der Waals surface area contributed by atoms with Gasteiger partial charge in [0.25, 0.3) is 5.69 Å². The van der Waals surface area contributed by atoms with Gasteiger partial charge in [0, 0.05) is 18.5 Å². The van der Waals surface area contributed by atoms with E-state index < -0.39 is 4.92 Å². The molecule has 1 unspecified atom stereocenters. The normalized spacial score (nSPS) is 12.2. The number of nitro benzene ring substituents is 1. The molecule has 0 bridgehead atoms. The van der Waals surface area contributed by atoms with Gasteiger partial charge in [-0.1, -0.05) is 13.0 Å². The van der Waals surface area contributed by atoms with Crippen LogP contribution in [-0.2, 0) is 0 Å². The maximum absolute atomic E-state index is 10.7. The lowest BCUT2D eigenvalue weighted by molar-refractivity contribution is -0.385. The highest BCUT2D eigenvalue weighted by Gasteiger charge is 2.16. The minimum atomic E-state index is -0.437. The van der Waals surface area contributed by atoms with E-state index >= 15 is 0 Å². The van der Waals surface area contributed by atoms with Crippen molar-refractivity contribution in [2.45, 2.75) is 6.92 Å². The molecule has 0 aliphatic carbocycles. The molecule has 94 valence electrons. The number of benzene rings is 1. The van der Waals surface area contributed by atoms with Crippen molar-refractivity contribution < 1.29 is 9.66 Å². The molecule has 0 fully saturated rings. The first-order chi connectivity index (χ1) is 8.06. The third-order valence-electron chi connectivity index (χ3n) is 2.22. The van der Waals surface area contributed by atoms with Crippen molar-refractivity contribution in [3.63, 3.8) is 0 Å². The summed E-state index contributed by atoms with van der Waals surface area (Å²) in [4.78, 5) is 10.3. The molecule has 17 heavy (non-hydrogen) atoms. The van der Waals surface area contributed by atoms with Gasteiger partial charge in [-0.25, -0.2) is 0 Å². The van der Waals surface area contributed by atoms with E-state index in [0.717, 1.165) is 6.54 Å². The van der Waals surface area contributed by atoms with E-state index in [9.17, 15) is 10.1 Å². The molecule has 1 atom stereocenters. The number of rotatable bonds is 6. The van der Waals surface area contributed by atoms with E-state index in [-0.39, 0.29) is 5.69 Å². The largest absolute Gasteiger partial charge is 0.492 e. The predicted octanol–water partition coefficient (Wildman–Crippen LogP) is 2.59. The van der Waals surface area contributed by atoms with Crippen molar-refractivity contribution in [3.05, 3.63) is 32.8 Å². The highest BCUT2D eigenvalue weighted by atomic mass is 79.9. The second-order valence-electron chi connectivity index (χ2n) is 3.82. The molecule has 1 aromatic rings. The SMILES string of the molecule is CNCC(C)COc1cccc([N+](=O)[O-])c1Br. The zero-order chi connectivity index (χ0) is 12.8. The zero-order valence-electron chi connectivity index (χ0n) is 9.77. The summed E-state index contributed by atoms with van der Waals surface area (Å²) in [5.74, 6) is 0.841. The first kappa shape index (κ1) is 13.9. The smallest absolute Gasteiger partial charge is 0.287 e. The third-order valence-corrected chi connectivity index (χ3v) is 3.01. The van der Waals surface area contributed by atoms with Crippen LogP contribution in [0.25, 0.3) is 0 Å². The minimum absolute atomic E-state index is 0.0174. The minimum Gasteiger partial charge on any atom is -0.492 e. The highest BCUT2D eigenvalue weighted by molar-refractivity contribution is 9.10. The summed E-state index contributed by atoms with van der Waals surface area (Å²) in [7, 11) is 1.87. The number of halogens is 1. The van der Waals surface area contributed by atoms with Crippen molar-refractivity contribution in [1.82, 2.24) is 5.32 Å². The van der Waals surface area contributed by atoms with Crippen LogP contribution in [0.1, 0.15) is 6.92 Å². The Morgan fingerprint density at radius 2 is 2.29 bits per heavy atom. The number of ether oxygens (including phenoxy) is 1. The summed E-state index contributed by atoms with van der Waals surface area (Å²) in [6, 6.07) is 4.76. The quantitative estimate of drug-likeness (QED) is 0.648. The van der Waals surface area contributed by atoms with Gasteiger partial charge in [0.05, 0.1) is 11.5 Å². The highest BCUT2D eigenvalue weighted by Crippen LogP contribution is 2.33. The molecular formula is C11H15BrN2O3. The van der Waals surface area contributed by atoms with E-state index in [0.29, 0.717) is 22.7 Å². The number of hydrogen-bond acceptors (Lipinski definition) is 4. The summed E-state index contributed by atoms with van der Waals surface area (Å²) in [6.45, 7) is 3.40. The van der Waals surface area contributed by atoms with Crippen molar-refractivity contribution in [1.29, 1.82) is 0 Å². The first-order valence-electron chi connectivity index (χ1n) is 5.26. The van der Waals surface area contributed by atoms with Crippen molar-refractivity contribution in [2.24, 2.45) is 5.92 Å². The Kier molecular flexibility index (Phi) is 5.37. The summed E-state index contributed by atoms with van der Waals surface area (Å²) < 4.78 is 5.94. The second-order valence-corrected chi connectivity index (χ2v) is 4.61. The van der Waals surface area contributed by atoms with Gasteiger partial charge < -0.3 is 10.1 Å². The summed E-state index contributed by atoms with van der Waals surface area (Å²) in [5.41, 5.74) is 0.0174. The molecule has 1 aromatic carbocycles. The van der Waals surface area contributed by atoms with Gasteiger partial charge in [-0.2, -0.15) is 0 Å². The summed E-state index contributed by atoms with van der Waals surface area (Å²) >= 11 is 3.19. The monoisotopic (exact) mass is 302 g/mol. The topological polar surface area (TPSA) is 64.4 Å². The molecule has 6 heteroatoms. The van der Waals surface area contributed by atoms with Crippen LogP contribution in [0, 0.1) is 16.0 Å². The average Bonchev–Trinajstić information content (AvgIpc) is 2.27. The van der Waals surface area contributed by atoms with Gasteiger partial charge in [-0.3, -0.25) is 10.1 Å². The van der Waals surface area contributed by atoms with Crippen LogP contribution >= 0.6 is 15.9 Å². The van der Waals surface area contributed by atoms with Crippen molar-refractivity contribution in [3.8, 4) is 5.75 Å². The number of nitrogens with zero attached hydrogens (tertiary/aromatic N) is 1. The van der Waals surface area contributed by atoms with Gasteiger partial charge in [-0.15, -0.1) is 0 Å². The molecule has 0 spiro atoms. The zero-order valence-corrected chi connectivity index (χ0v) is 11.4. The third kappa shape index (κ3) is 3.98. The molecule has 0 aromatic heterocycles. The van der Waals surface area contributed by atoms with Crippen LogP contribution in [0.5, 0.6) is 5.75 Å². The van der Waals surface area contributed by atoms with E-state index in [1.54, 1.807) is 12.1 Å². The molecule has 0 saturated heterocycles.